The van der Waals surface area contributed by atoms with Gasteiger partial charge in [-0.05, 0) is 31.2 Å². The van der Waals surface area contributed by atoms with E-state index in [1.165, 1.54) is 0 Å². The van der Waals surface area contributed by atoms with Crippen LogP contribution < -0.4 is 4.90 Å². The first-order valence-electron chi connectivity index (χ1n) is 9.01. The van der Waals surface area contributed by atoms with Crippen molar-refractivity contribution in [3.05, 3.63) is 59.5 Å². The molecule has 0 unspecified atom stereocenters. The summed E-state index contributed by atoms with van der Waals surface area (Å²) < 4.78 is 0. The molecule has 3 aromatic heterocycles. The van der Waals surface area contributed by atoms with Gasteiger partial charge in [0.1, 0.15) is 10.8 Å². The van der Waals surface area contributed by atoms with E-state index < -0.39 is 0 Å². The van der Waals surface area contributed by atoms with E-state index in [1.807, 2.05) is 42.2 Å². The Morgan fingerprint density at radius 1 is 1.11 bits per heavy atom. The molecule has 0 saturated carbocycles. The van der Waals surface area contributed by atoms with E-state index in [0.29, 0.717) is 6.42 Å². The van der Waals surface area contributed by atoms with Crippen molar-refractivity contribution in [3.63, 3.8) is 0 Å². The van der Waals surface area contributed by atoms with Crippen LogP contribution in [0.3, 0.4) is 0 Å². The fraction of sp³-hybridized carbons (Fsp3) is 0.300. The number of thiazole rings is 1. The summed E-state index contributed by atoms with van der Waals surface area (Å²) in [5.41, 5.74) is 1.92. The van der Waals surface area contributed by atoms with E-state index >= 15 is 0 Å². The molecule has 0 aromatic carbocycles. The third-order valence-electron chi connectivity index (χ3n) is 4.72. The highest BCUT2D eigenvalue weighted by atomic mass is 32.1. The van der Waals surface area contributed by atoms with Crippen LogP contribution in [0.5, 0.6) is 0 Å². The summed E-state index contributed by atoms with van der Waals surface area (Å²) >= 11 is 1.58. The van der Waals surface area contributed by atoms with Gasteiger partial charge in [0.05, 0.1) is 12.1 Å². The van der Waals surface area contributed by atoms with Crippen molar-refractivity contribution in [3.8, 4) is 10.6 Å². The van der Waals surface area contributed by atoms with Gasteiger partial charge < -0.3 is 9.80 Å². The minimum atomic E-state index is 0.167. The van der Waals surface area contributed by atoms with Crippen LogP contribution in [-0.2, 0) is 11.2 Å². The minimum absolute atomic E-state index is 0.167. The quantitative estimate of drug-likeness (QED) is 0.698. The van der Waals surface area contributed by atoms with E-state index in [9.17, 15) is 4.79 Å². The fourth-order valence-electron chi connectivity index (χ4n) is 3.18. The number of hydrogen-bond acceptors (Lipinski definition) is 6. The van der Waals surface area contributed by atoms with Crippen LogP contribution in [-0.4, -0.2) is 51.9 Å². The molecule has 0 atom stereocenters. The summed E-state index contributed by atoms with van der Waals surface area (Å²) in [5.74, 6) is 1.14. The van der Waals surface area contributed by atoms with Gasteiger partial charge in [0, 0.05) is 55.2 Å². The smallest absolute Gasteiger partial charge is 0.228 e. The predicted octanol–water partition coefficient (Wildman–Crippen LogP) is 2.80. The van der Waals surface area contributed by atoms with E-state index in [1.54, 1.807) is 29.9 Å². The van der Waals surface area contributed by atoms with E-state index in [4.69, 9.17) is 0 Å². The van der Waals surface area contributed by atoms with Crippen LogP contribution in [0.15, 0.2) is 48.9 Å². The third-order valence-corrected chi connectivity index (χ3v) is 5.93. The second kappa shape index (κ2) is 7.84. The lowest BCUT2D eigenvalue weighted by molar-refractivity contribution is -0.130. The Morgan fingerprint density at radius 2 is 1.96 bits per heavy atom. The molecule has 0 spiro atoms. The number of piperazine rings is 1. The second-order valence-corrected chi connectivity index (χ2v) is 7.59. The van der Waals surface area contributed by atoms with E-state index in [2.05, 4.69) is 19.9 Å². The molecule has 4 heterocycles. The van der Waals surface area contributed by atoms with Crippen LogP contribution in [0.2, 0.25) is 0 Å². The van der Waals surface area contributed by atoms with Gasteiger partial charge >= 0.3 is 0 Å². The van der Waals surface area contributed by atoms with E-state index in [-0.39, 0.29) is 5.91 Å². The number of carbonyl (C=O) groups excluding carboxylic acids is 1. The Morgan fingerprint density at radius 3 is 2.67 bits per heavy atom. The van der Waals surface area contributed by atoms with Gasteiger partial charge in [-0.25, -0.2) is 9.97 Å². The fourth-order valence-corrected chi connectivity index (χ4v) is 4.22. The first-order valence-corrected chi connectivity index (χ1v) is 9.83. The number of carbonyl (C=O) groups is 1. The summed E-state index contributed by atoms with van der Waals surface area (Å²) in [6.07, 6.45) is 5.77. The van der Waals surface area contributed by atoms with Gasteiger partial charge in [-0.15, -0.1) is 11.3 Å². The monoisotopic (exact) mass is 379 g/mol. The number of pyridine rings is 2. The van der Waals surface area contributed by atoms with Crippen LogP contribution >= 0.6 is 11.3 Å². The zero-order chi connectivity index (χ0) is 18.6. The summed E-state index contributed by atoms with van der Waals surface area (Å²) in [4.78, 5) is 31.1. The molecular weight excluding hydrogens is 358 g/mol. The van der Waals surface area contributed by atoms with Crippen molar-refractivity contribution in [2.24, 2.45) is 0 Å². The lowest BCUT2D eigenvalue weighted by Gasteiger charge is -2.35. The topological polar surface area (TPSA) is 62.2 Å². The molecule has 27 heavy (non-hydrogen) atoms. The average Bonchev–Trinajstić information content (AvgIpc) is 3.10. The molecule has 1 fully saturated rings. The summed E-state index contributed by atoms with van der Waals surface area (Å²) in [6, 6.07) is 9.82. The Balaban J connectivity index is 1.38. The maximum Gasteiger partial charge on any atom is 0.228 e. The van der Waals surface area contributed by atoms with Gasteiger partial charge in [0.2, 0.25) is 5.91 Å². The van der Waals surface area contributed by atoms with Crippen molar-refractivity contribution in [2.45, 2.75) is 13.3 Å². The lowest BCUT2D eigenvalue weighted by Crippen LogP contribution is -2.49. The highest BCUT2D eigenvalue weighted by Gasteiger charge is 2.23. The van der Waals surface area contributed by atoms with E-state index in [0.717, 1.165) is 53.1 Å². The molecule has 0 aliphatic carbocycles. The van der Waals surface area contributed by atoms with Crippen molar-refractivity contribution in [1.82, 2.24) is 19.9 Å². The molecule has 6 nitrogen and oxygen atoms in total. The first-order chi connectivity index (χ1) is 13.2. The third kappa shape index (κ3) is 3.98. The Hall–Kier alpha value is -2.80. The Bertz CT molecular complexity index is 905. The number of anilines is 1. The van der Waals surface area contributed by atoms with Crippen molar-refractivity contribution in [1.29, 1.82) is 0 Å². The summed E-state index contributed by atoms with van der Waals surface area (Å²) in [6.45, 7) is 5.04. The molecule has 4 rings (SSSR count). The number of aromatic nitrogens is 3. The maximum absolute atomic E-state index is 12.8. The summed E-state index contributed by atoms with van der Waals surface area (Å²) in [7, 11) is 0. The maximum atomic E-state index is 12.8. The number of nitrogens with zero attached hydrogens (tertiary/aromatic N) is 5. The highest BCUT2D eigenvalue weighted by Crippen LogP contribution is 2.28. The number of aryl methyl sites for hydroxylation is 1. The lowest BCUT2D eigenvalue weighted by atomic mass is 10.2. The molecule has 0 radical (unpaired) electrons. The standard InChI is InChI=1S/C20H21N5OS/c1-15-17(27-20(23-15)16-5-4-7-21-14-16)13-19(26)25-11-9-24(10-12-25)18-6-2-3-8-22-18/h2-8,14H,9-13H2,1H3. The molecule has 1 aliphatic heterocycles. The van der Waals surface area contributed by atoms with Crippen molar-refractivity contribution >= 4 is 23.1 Å². The van der Waals surface area contributed by atoms with Crippen LogP contribution in [0, 0.1) is 6.92 Å². The number of rotatable bonds is 4. The molecule has 3 aromatic rings. The normalized spacial score (nSPS) is 14.4. The molecule has 1 amide bonds. The van der Waals surface area contributed by atoms with Crippen molar-refractivity contribution in [2.75, 3.05) is 31.1 Å². The van der Waals surface area contributed by atoms with Gasteiger partial charge in [0.25, 0.3) is 0 Å². The number of hydrogen-bond donors (Lipinski definition) is 0. The average molecular weight is 379 g/mol. The SMILES string of the molecule is Cc1nc(-c2cccnc2)sc1CC(=O)N1CCN(c2ccccn2)CC1. The largest absolute Gasteiger partial charge is 0.353 e. The molecule has 1 saturated heterocycles. The predicted molar refractivity (Wildman–Crippen MR) is 107 cm³/mol. The molecule has 1 aliphatic rings. The van der Waals surface area contributed by atoms with Crippen LogP contribution in [0.4, 0.5) is 5.82 Å². The molecule has 0 bridgehead atoms. The number of amides is 1. The van der Waals surface area contributed by atoms with Crippen molar-refractivity contribution < 1.29 is 4.79 Å². The second-order valence-electron chi connectivity index (χ2n) is 6.50. The Labute approximate surface area is 162 Å². The molecule has 138 valence electrons. The summed E-state index contributed by atoms with van der Waals surface area (Å²) in [5, 5.41) is 0.920. The minimum Gasteiger partial charge on any atom is -0.353 e. The molecule has 0 N–H and O–H groups in total. The highest BCUT2D eigenvalue weighted by molar-refractivity contribution is 7.15. The molecule has 7 heteroatoms. The van der Waals surface area contributed by atoms with Crippen LogP contribution in [0.25, 0.3) is 10.6 Å². The zero-order valence-corrected chi connectivity index (χ0v) is 16.0. The van der Waals surface area contributed by atoms with Gasteiger partial charge in [-0.1, -0.05) is 6.07 Å². The van der Waals surface area contributed by atoms with Crippen LogP contribution in [0.1, 0.15) is 10.6 Å². The first kappa shape index (κ1) is 17.6. The van der Waals surface area contributed by atoms with Gasteiger partial charge in [-0.2, -0.15) is 0 Å². The van der Waals surface area contributed by atoms with Gasteiger partial charge in [0.15, 0.2) is 0 Å². The Kier molecular flexibility index (Phi) is 5.11. The van der Waals surface area contributed by atoms with Gasteiger partial charge in [-0.3, -0.25) is 9.78 Å². The molecular formula is C20H21N5OS. The zero-order valence-electron chi connectivity index (χ0n) is 15.2.